The van der Waals surface area contributed by atoms with Gasteiger partial charge in [-0.2, -0.15) is 0 Å². The lowest BCUT2D eigenvalue weighted by atomic mass is 10.1. The molecule has 0 saturated carbocycles. The number of thioether (sulfide) groups is 1. The van der Waals surface area contributed by atoms with Crippen LogP contribution in [0.4, 0.5) is 0 Å². The van der Waals surface area contributed by atoms with E-state index < -0.39 is 0 Å². The van der Waals surface area contributed by atoms with E-state index in [2.05, 4.69) is 19.2 Å². The molecule has 3 heteroatoms. The van der Waals surface area contributed by atoms with Crippen molar-refractivity contribution in [2.75, 3.05) is 5.75 Å². The molecule has 0 radical (unpaired) electrons. The van der Waals surface area contributed by atoms with Gasteiger partial charge in [0, 0.05) is 11.8 Å². The van der Waals surface area contributed by atoms with Gasteiger partial charge < -0.3 is 5.32 Å². The van der Waals surface area contributed by atoms with Crippen molar-refractivity contribution in [2.24, 2.45) is 5.92 Å². The third-order valence-corrected chi connectivity index (χ3v) is 2.88. The molecule has 0 unspecified atom stereocenters. The van der Waals surface area contributed by atoms with Crippen molar-refractivity contribution in [3.05, 3.63) is 0 Å². The lowest BCUT2D eigenvalue weighted by molar-refractivity contribution is 0.505. The van der Waals surface area contributed by atoms with E-state index in [4.69, 9.17) is 12.2 Å². The first-order chi connectivity index (χ1) is 4.20. The van der Waals surface area contributed by atoms with Gasteiger partial charge in [0.25, 0.3) is 0 Å². The molecule has 0 aromatic rings. The van der Waals surface area contributed by atoms with E-state index >= 15 is 0 Å². The van der Waals surface area contributed by atoms with Crippen molar-refractivity contribution in [2.45, 2.75) is 19.9 Å². The Morgan fingerprint density at radius 2 is 2.44 bits per heavy atom. The number of hydrogen-bond donors (Lipinski definition) is 1. The average Bonchev–Trinajstić information content (AvgIpc) is 2.14. The Morgan fingerprint density at radius 3 is 2.67 bits per heavy atom. The summed E-state index contributed by atoms with van der Waals surface area (Å²) in [6.45, 7) is 4.43. The monoisotopic (exact) mass is 161 g/mol. The van der Waals surface area contributed by atoms with Crippen LogP contribution >= 0.6 is 24.0 Å². The van der Waals surface area contributed by atoms with Gasteiger partial charge in [0.05, 0.1) is 0 Å². The van der Waals surface area contributed by atoms with Crippen molar-refractivity contribution in [3.63, 3.8) is 0 Å². The highest BCUT2D eigenvalue weighted by Crippen LogP contribution is 2.18. The van der Waals surface area contributed by atoms with Crippen LogP contribution in [0.2, 0.25) is 0 Å². The van der Waals surface area contributed by atoms with E-state index in [1.807, 2.05) is 0 Å². The van der Waals surface area contributed by atoms with Crippen LogP contribution in [-0.4, -0.2) is 16.1 Å². The van der Waals surface area contributed by atoms with Gasteiger partial charge in [-0.3, -0.25) is 0 Å². The van der Waals surface area contributed by atoms with Crippen molar-refractivity contribution >= 4 is 28.3 Å². The first-order valence-electron chi connectivity index (χ1n) is 3.13. The maximum Gasteiger partial charge on any atom is 0.134 e. The van der Waals surface area contributed by atoms with E-state index in [0.29, 0.717) is 12.0 Å². The molecule has 1 rings (SSSR count). The van der Waals surface area contributed by atoms with Gasteiger partial charge in [0.2, 0.25) is 0 Å². The second-order valence-corrected chi connectivity index (χ2v) is 4.29. The fourth-order valence-electron chi connectivity index (χ4n) is 0.759. The van der Waals surface area contributed by atoms with E-state index in [0.717, 1.165) is 10.1 Å². The minimum absolute atomic E-state index is 0.613. The summed E-state index contributed by atoms with van der Waals surface area (Å²) in [6.07, 6.45) is 0. The van der Waals surface area contributed by atoms with Gasteiger partial charge in [0.1, 0.15) is 4.32 Å². The summed E-state index contributed by atoms with van der Waals surface area (Å²) >= 11 is 6.72. The molecule has 1 atom stereocenters. The number of rotatable bonds is 1. The molecule has 1 aliphatic heterocycles. The molecular formula is C6H11NS2. The number of hydrogen-bond acceptors (Lipinski definition) is 2. The zero-order chi connectivity index (χ0) is 6.85. The molecule has 1 saturated heterocycles. The number of nitrogens with one attached hydrogen (secondary N) is 1. The summed E-state index contributed by atoms with van der Waals surface area (Å²) in [6, 6.07) is 0.613. The fourth-order valence-corrected chi connectivity index (χ4v) is 2.15. The second-order valence-electron chi connectivity index (χ2n) is 2.59. The Kier molecular flexibility index (Phi) is 2.35. The Labute approximate surface area is 65.6 Å². The van der Waals surface area contributed by atoms with Crippen LogP contribution in [0.1, 0.15) is 13.8 Å². The molecule has 9 heavy (non-hydrogen) atoms. The van der Waals surface area contributed by atoms with Crippen molar-refractivity contribution in [1.82, 2.24) is 5.32 Å². The van der Waals surface area contributed by atoms with Gasteiger partial charge in [-0.1, -0.05) is 37.8 Å². The number of thiocarbonyl (C=S) groups is 1. The van der Waals surface area contributed by atoms with E-state index in [-0.39, 0.29) is 0 Å². The lowest BCUT2D eigenvalue weighted by Crippen LogP contribution is -2.30. The maximum atomic E-state index is 4.97. The van der Waals surface area contributed by atoms with Crippen molar-refractivity contribution in [1.29, 1.82) is 0 Å². The lowest BCUT2D eigenvalue weighted by Gasteiger charge is -2.12. The van der Waals surface area contributed by atoms with Crippen LogP contribution in [0.25, 0.3) is 0 Å². The van der Waals surface area contributed by atoms with Crippen LogP contribution in [0.15, 0.2) is 0 Å². The third-order valence-electron chi connectivity index (χ3n) is 1.50. The molecule has 0 aromatic carbocycles. The minimum Gasteiger partial charge on any atom is -0.367 e. The molecule has 0 amide bonds. The van der Waals surface area contributed by atoms with Gasteiger partial charge >= 0.3 is 0 Å². The summed E-state index contributed by atoms with van der Waals surface area (Å²) in [7, 11) is 0. The predicted molar refractivity (Wildman–Crippen MR) is 46.8 cm³/mol. The first-order valence-corrected chi connectivity index (χ1v) is 4.53. The molecule has 52 valence electrons. The van der Waals surface area contributed by atoms with Gasteiger partial charge in [-0.05, 0) is 5.92 Å². The second kappa shape index (κ2) is 2.88. The highest BCUT2D eigenvalue weighted by Gasteiger charge is 2.20. The van der Waals surface area contributed by atoms with Gasteiger partial charge in [-0.15, -0.1) is 0 Å². The summed E-state index contributed by atoms with van der Waals surface area (Å²) < 4.78 is 0.966. The molecule has 1 N–H and O–H groups in total. The molecule has 1 fully saturated rings. The summed E-state index contributed by atoms with van der Waals surface area (Å²) in [5.41, 5.74) is 0. The molecule has 1 heterocycles. The van der Waals surface area contributed by atoms with Crippen LogP contribution in [-0.2, 0) is 0 Å². The van der Waals surface area contributed by atoms with Crippen LogP contribution < -0.4 is 5.32 Å². The zero-order valence-electron chi connectivity index (χ0n) is 5.68. The summed E-state index contributed by atoms with van der Waals surface area (Å²) in [5.74, 6) is 1.86. The SMILES string of the molecule is CC(C)[C@@H]1CSC(=S)N1. The van der Waals surface area contributed by atoms with Crippen LogP contribution in [0, 0.1) is 5.92 Å². The molecule has 0 spiro atoms. The fraction of sp³-hybridized carbons (Fsp3) is 0.833. The van der Waals surface area contributed by atoms with E-state index in [9.17, 15) is 0 Å². The average molecular weight is 161 g/mol. The normalized spacial score (nSPS) is 27.0. The van der Waals surface area contributed by atoms with Gasteiger partial charge in [-0.25, -0.2) is 0 Å². The quantitative estimate of drug-likeness (QED) is 0.587. The Balaban J connectivity index is 2.39. The predicted octanol–water partition coefficient (Wildman–Crippen LogP) is 1.63. The van der Waals surface area contributed by atoms with Gasteiger partial charge in [0.15, 0.2) is 0 Å². The Morgan fingerprint density at radius 1 is 1.78 bits per heavy atom. The van der Waals surface area contributed by atoms with E-state index in [1.54, 1.807) is 11.8 Å². The van der Waals surface area contributed by atoms with E-state index in [1.165, 1.54) is 0 Å². The highest BCUT2D eigenvalue weighted by atomic mass is 32.2. The smallest absolute Gasteiger partial charge is 0.134 e. The zero-order valence-corrected chi connectivity index (χ0v) is 7.31. The standard InChI is InChI=1S/C6H11NS2/c1-4(2)5-3-9-6(8)7-5/h4-5H,3H2,1-2H3,(H,7,8)/t5-/m0/s1. The summed E-state index contributed by atoms with van der Waals surface area (Å²) in [4.78, 5) is 0. The molecule has 0 aromatic heterocycles. The summed E-state index contributed by atoms with van der Waals surface area (Å²) in [5, 5.41) is 3.25. The van der Waals surface area contributed by atoms with Crippen molar-refractivity contribution < 1.29 is 0 Å². The Hall–Kier alpha value is 0.240. The maximum absolute atomic E-state index is 4.97. The molecule has 0 aliphatic carbocycles. The topological polar surface area (TPSA) is 12.0 Å². The first kappa shape index (κ1) is 7.35. The molecule has 0 bridgehead atoms. The Bertz CT molecular complexity index is 122. The molecule has 1 nitrogen and oxygen atoms in total. The molecular weight excluding hydrogens is 150 g/mol. The van der Waals surface area contributed by atoms with Crippen LogP contribution in [0.3, 0.4) is 0 Å². The highest BCUT2D eigenvalue weighted by molar-refractivity contribution is 8.23. The van der Waals surface area contributed by atoms with Crippen LogP contribution in [0.5, 0.6) is 0 Å². The largest absolute Gasteiger partial charge is 0.367 e. The third kappa shape index (κ3) is 1.83. The van der Waals surface area contributed by atoms with Crippen molar-refractivity contribution in [3.8, 4) is 0 Å². The molecule has 1 aliphatic rings. The minimum atomic E-state index is 0.613.